The highest BCUT2D eigenvalue weighted by Crippen LogP contribution is 2.26. The maximum absolute atomic E-state index is 11.0. The molecule has 1 aliphatic heterocycles. The molecular weight excluding hydrogens is 260 g/mol. The SMILES string of the molecule is CC(=O)OC[C@H]1O[C@@H](O)[C@H](OC(C)=O)[C@H]1OC(C)=O. The van der Waals surface area contributed by atoms with Crippen molar-refractivity contribution in [2.24, 2.45) is 0 Å². The molecule has 1 aliphatic rings. The summed E-state index contributed by atoms with van der Waals surface area (Å²) < 4.78 is 19.6. The highest BCUT2D eigenvalue weighted by molar-refractivity contribution is 5.67. The Bertz CT molecular complexity index is 366. The van der Waals surface area contributed by atoms with Gasteiger partial charge in [-0.1, -0.05) is 0 Å². The summed E-state index contributed by atoms with van der Waals surface area (Å²) >= 11 is 0. The Balaban J connectivity index is 2.76. The number of hydrogen-bond donors (Lipinski definition) is 1. The third kappa shape index (κ3) is 4.49. The molecule has 0 bridgehead atoms. The predicted molar refractivity (Wildman–Crippen MR) is 58.6 cm³/mol. The molecule has 0 aromatic carbocycles. The van der Waals surface area contributed by atoms with Gasteiger partial charge in [-0.25, -0.2) is 0 Å². The molecule has 0 aromatic rings. The number of esters is 3. The summed E-state index contributed by atoms with van der Waals surface area (Å²) in [5, 5.41) is 9.63. The van der Waals surface area contributed by atoms with Gasteiger partial charge in [0, 0.05) is 20.8 Å². The molecule has 0 spiro atoms. The Kier molecular flexibility index (Phi) is 5.25. The predicted octanol–water partition coefficient (Wildman–Crippen LogP) is -0.870. The molecule has 0 radical (unpaired) electrons. The fourth-order valence-corrected chi connectivity index (χ4v) is 1.69. The first-order chi connectivity index (χ1) is 8.81. The second kappa shape index (κ2) is 6.48. The maximum Gasteiger partial charge on any atom is 0.303 e. The molecule has 0 amide bonds. The standard InChI is InChI=1S/C11H16O8/c1-5(12)16-4-8-9(17-6(2)13)10(11(15)19-8)18-7(3)14/h8-11,15H,4H2,1-3H3/t8-,9+,10-,11-/m1/s1. The number of hydrogen-bond acceptors (Lipinski definition) is 8. The molecule has 1 heterocycles. The molecule has 0 aliphatic carbocycles. The van der Waals surface area contributed by atoms with Gasteiger partial charge in [-0.15, -0.1) is 0 Å². The third-order valence-electron chi connectivity index (χ3n) is 2.34. The zero-order chi connectivity index (χ0) is 14.6. The van der Waals surface area contributed by atoms with Crippen molar-refractivity contribution in [3.05, 3.63) is 0 Å². The fourth-order valence-electron chi connectivity index (χ4n) is 1.69. The Morgan fingerprint density at radius 1 is 1.00 bits per heavy atom. The van der Waals surface area contributed by atoms with E-state index in [1.54, 1.807) is 0 Å². The van der Waals surface area contributed by atoms with E-state index in [0.29, 0.717) is 0 Å². The zero-order valence-corrected chi connectivity index (χ0v) is 10.8. The van der Waals surface area contributed by atoms with E-state index in [9.17, 15) is 19.5 Å². The van der Waals surface area contributed by atoms with Crippen molar-refractivity contribution in [3.8, 4) is 0 Å². The fraction of sp³-hybridized carbons (Fsp3) is 0.727. The quantitative estimate of drug-likeness (QED) is 0.521. The van der Waals surface area contributed by atoms with Gasteiger partial charge in [-0.05, 0) is 0 Å². The van der Waals surface area contributed by atoms with Gasteiger partial charge >= 0.3 is 17.9 Å². The van der Waals surface area contributed by atoms with E-state index >= 15 is 0 Å². The van der Waals surface area contributed by atoms with Crippen molar-refractivity contribution < 1.29 is 38.4 Å². The van der Waals surface area contributed by atoms with Gasteiger partial charge < -0.3 is 24.1 Å². The molecule has 19 heavy (non-hydrogen) atoms. The highest BCUT2D eigenvalue weighted by Gasteiger charge is 2.48. The largest absolute Gasteiger partial charge is 0.463 e. The molecule has 1 fully saturated rings. The molecule has 0 saturated carbocycles. The molecule has 8 nitrogen and oxygen atoms in total. The van der Waals surface area contributed by atoms with Crippen molar-refractivity contribution in [2.45, 2.75) is 45.4 Å². The Morgan fingerprint density at radius 2 is 1.53 bits per heavy atom. The summed E-state index contributed by atoms with van der Waals surface area (Å²) in [6.07, 6.45) is -4.53. The number of rotatable bonds is 4. The van der Waals surface area contributed by atoms with Crippen LogP contribution in [0.2, 0.25) is 0 Å². The second-order valence-corrected chi connectivity index (χ2v) is 4.02. The molecule has 1 N–H and O–H groups in total. The van der Waals surface area contributed by atoms with Gasteiger partial charge in [-0.2, -0.15) is 0 Å². The van der Waals surface area contributed by atoms with E-state index in [-0.39, 0.29) is 6.61 Å². The number of aliphatic hydroxyl groups is 1. The van der Waals surface area contributed by atoms with E-state index in [2.05, 4.69) is 0 Å². The molecule has 0 unspecified atom stereocenters. The summed E-state index contributed by atoms with van der Waals surface area (Å²) in [5.74, 6) is -1.83. The van der Waals surface area contributed by atoms with Crippen LogP contribution in [0.15, 0.2) is 0 Å². The van der Waals surface area contributed by atoms with Crippen LogP contribution in [0.5, 0.6) is 0 Å². The lowest BCUT2D eigenvalue weighted by Gasteiger charge is -2.21. The van der Waals surface area contributed by atoms with Crippen LogP contribution in [0, 0.1) is 0 Å². The van der Waals surface area contributed by atoms with E-state index in [4.69, 9.17) is 18.9 Å². The van der Waals surface area contributed by atoms with Crippen LogP contribution in [0.4, 0.5) is 0 Å². The van der Waals surface area contributed by atoms with Crippen LogP contribution in [0.25, 0.3) is 0 Å². The topological polar surface area (TPSA) is 108 Å². The lowest BCUT2D eigenvalue weighted by Crippen LogP contribution is -2.41. The second-order valence-electron chi connectivity index (χ2n) is 4.02. The summed E-state index contributed by atoms with van der Waals surface area (Å²) in [6.45, 7) is 3.30. The Labute approximate surface area is 109 Å². The number of ether oxygens (including phenoxy) is 4. The third-order valence-corrected chi connectivity index (χ3v) is 2.34. The van der Waals surface area contributed by atoms with Crippen molar-refractivity contribution >= 4 is 17.9 Å². The normalized spacial score (nSPS) is 29.7. The number of carbonyl (C=O) groups is 3. The summed E-state index contributed by atoms with van der Waals surface area (Å²) in [6, 6.07) is 0. The molecule has 1 rings (SSSR count). The van der Waals surface area contributed by atoms with E-state index < -0.39 is 42.5 Å². The van der Waals surface area contributed by atoms with Gasteiger partial charge in [0.05, 0.1) is 0 Å². The van der Waals surface area contributed by atoms with Gasteiger partial charge in [0.25, 0.3) is 0 Å². The van der Waals surface area contributed by atoms with E-state index in [1.807, 2.05) is 0 Å². The Hall–Kier alpha value is -1.67. The number of carbonyl (C=O) groups excluding carboxylic acids is 3. The first-order valence-corrected chi connectivity index (χ1v) is 5.62. The van der Waals surface area contributed by atoms with Crippen molar-refractivity contribution in [2.75, 3.05) is 6.61 Å². The van der Waals surface area contributed by atoms with Crippen LogP contribution in [-0.4, -0.2) is 54.2 Å². The molecule has 1 saturated heterocycles. The smallest absolute Gasteiger partial charge is 0.303 e. The number of aliphatic hydroxyl groups excluding tert-OH is 1. The lowest BCUT2D eigenvalue weighted by molar-refractivity contribution is -0.174. The van der Waals surface area contributed by atoms with Crippen molar-refractivity contribution in [3.63, 3.8) is 0 Å². The van der Waals surface area contributed by atoms with Gasteiger partial charge in [-0.3, -0.25) is 14.4 Å². The zero-order valence-electron chi connectivity index (χ0n) is 10.8. The van der Waals surface area contributed by atoms with Gasteiger partial charge in [0.15, 0.2) is 18.5 Å². The van der Waals surface area contributed by atoms with E-state index in [1.165, 1.54) is 13.8 Å². The summed E-state index contributed by atoms with van der Waals surface area (Å²) in [5.41, 5.74) is 0. The molecule has 4 atom stereocenters. The van der Waals surface area contributed by atoms with Gasteiger partial charge in [0.2, 0.25) is 0 Å². The average molecular weight is 276 g/mol. The monoisotopic (exact) mass is 276 g/mol. The van der Waals surface area contributed by atoms with Crippen molar-refractivity contribution in [1.29, 1.82) is 0 Å². The van der Waals surface area contributed by atoms with Crippen LogP contribution >= 0.6 is 0 Å². The molecule has 108 valence electrons. The minimum atomic E-state index is -1.45. The minimum absolute atomic E-state index is 0.220. The first kappa shape index (κ1) is 15.4. The van der Waals surface area contributed by atoms with Gasteiger partial charge in [0.1, 0.15) is 12.7 Å². The van der Waals surface area contributed by atoms with Crippen LogP contribution in [-0.2, 0) is 33.3 Å². The highest BCUT2D eigenvalue weighted by atomic mass is 16.7. The molecular formula is C11H16O8. The van der Waals surface area contributed by atoms with Crippen molar-refractivity contribution in [1.82, 2.24) is 0 Å². The molecule has 8 heteroatoms. The van der Waals surface area contributed by atoms with E-state index in [0.717, 1.165) is 6.92 Å². The summed E-state index contributed by atoms with van der Waals surface area (Å²) in [7, 11) is 0. The average Bonchev–Trinajstić information content (AvgIpc) is 2.53. The lowest BCUT2D eigenvalue weighted by atomic mass is 10.1. The minimum Gasteiger partial charge on any atom is -0.463 e. The van der Waals surface area contributed by atoms with Crippen LogP contribution in [0.1, 0.15) is 20.8 Å². The summed E-state index contributed by atoms with van der Waals surface area (Å²) in [4.78, 5) is 32.7. The first-order valence-electron chi connectivity index (χ1n) is 5.62. The van der Waals surface area contributed by atoms with Crippen LogP contribution < -0.4 is 0 Å². The molecule has 0 aromatic heterocycles. The van der Waals surface area contributed by atoms with Crippen LogP contribution in [0.3, 0.4) is 0 Å². The Morgan fingerprint density at radius 3 is 2.00 bits per heavy atom. The maximum atomic E-state index is 11.0.